The normalized spacial score (nSPS) is 11.8. The van der Waals surface area contributed by atoms with Crippen LogP contribution in [0.4, 0.5) is 5.13 Å². The van der Waals surface area contributed by atoms with Crippen LogP contribution >= 0.6 is 23.1 Å². The maximum Gasteiger partial charge on any atom is 0.236 e. The van der Waals surface area contributed by atoms with E-state index in [1.165, 1.54) is 28.7 Å². The number of hydrogen-bond acceptors (Lipinski definition) is 7. The molecule has 33 heavy (non-hydrogen) atoms. The molecule has 1 N–H and O–H groups in total. The first kappa shape index (κ1) is 23.0. The summed E-state index contributed by atoms with van der Waals surface area (Å²) < 4.78 is 7.96. The average molecular weight is 480 g/mol. The first-order valence-electron chi connectivity index (χ1n) is 10.6. The van der Waals surface area contributed by atoms with E-state index in [9.17, 15) is 4.79 Å². The number of thioether (sulfide) groups is 1. The van der Waals surface area contributed by atoms with E-state index in [1.54, 1.807) is 0 Å². The molecular formula is C24H25N5O2S2. The lowest BCUT2D eigenvalue weighted by molar-refractivity contribution is -0.113. The van der Waals surface area contributed by atoms with Crippen LogP contribution in [0.15, 0.2) is 65.1 Å². The van der Waals surface area contributed by atoms with Crippen molar-refractivity contribution in [3.8, 4) is 17.0 Å². The summed E-state index contributed by atoms with van der Waals surface area (Å²) >= 11 is 2.76. The third kappa shape index (κ3) is 5.80. The molecule has 0 aliphatic heterocycles. The summed E-state index contributed by atoms with van der Waals surface area (Å²) in [6.07, 6.45) is -0.265. The van der Waals surface area contributed by atoms with Crippen molar-refractivity contribution >= 4 is 34.1 Å². The number of para-hydroxylation sites is 1. The molecule has 0 saturated carbocycles. The third-order valence-corrected chi connectivity index (χ3v) is 6.64. The lowest BCUT2D eigenvalue weighted by atomic mass is 10.1. The number of carbonyl (C=O) groups is 1. The van der Waals surface area contributed by atoms with Crippen LogP contribution in [0.3, 0.4) is 0 Å². The highest BCUT2D eigenvalue weighted by molar-refractivity contribution is 7.99. The average Bonchev–Trinajstić information content (AvgIpc) is 3.45. The van der Waals surface area contributed by atoms with Gasteiger partial charge in [0.25, 0.3) is 0 Å². The molecule has 2 aromatic carbocycles. The van der Waals surface area contributed by atoms with E-state index in [1.807, 2.05) is 85.3 Å². The van der Waals surface area contributed by atoms with E-state index in [4.69, 9.17) is 4.74 Å². The van der Waals surface area contributed by atoms with Gasteiger partial charge in [-0.15, -0.1) is 21.5 Å². The first-order valence-corrected chi connectivity index (χ1v) is 12.5. The maximum atomic E-state index is 12.5. The summed E-state index contributed by atoms with van der Waals surface area (Å²) in [6.45, 7) is 6.70. The van der Waals surface area contributed by atoms with Crippen molar-refractivity contribution in [1.29, 1.82) is 0 Å². The second kappa shape index (κ2) is 10.6. The zero-order valence-electron chi connectivity index (χ0n) is 18.7. The molecule has 0 aliphatic rings. The molecule has 0 bridgehead atoms. The Morgan fingerprint density at radius 1 is 1.15 bits per heavy atom. The smallest absolute Gasteiger partial charge is 0.236 e. The van der Waals surface area contributed by atoms with Crippen molar-refractivity contribution in [3.05, 3.63) is 71.4 Å². The van der Waals surface area contributed by atoms with E-state index in [0.717, 1.165) is 22.8 Å². The van der Waals surface area contributed by atoms with Gasteiger partial charge in [-0.2, -0.15) is 0 Å². The quantitative estimate of drug-likeness (QED) is 0.315. The zero-order chi connectivity index (χ0) is 23.2. The fourth-order valence-corrected chi connectivity index (χ4v) is 4.78. The van der Waals surface area contributed by atoms with E-state index in [-0.39, 0.29) is 17.8 Å². The fourth-order valence-electron chi connectivity index (χ4n) is 3.23. The number of aromatic nitrogens is 4. The molecule has 4 aromatic rings. The molecule has 1 amide bonds. The molecule has 0 aliphatic carbocycles. The highest BCUT2D eigenvalue weighted by atomic mass is 32.2. The summed E-state index contributed by atoms with van der Waals surface area (Å²) in [6, 6.07) is 17.8. The van der Waals surface area contributed by atoms with Gasteiger partial charge < -0.3 is 14.6 Å². The van der Waals surface area contributed by atoms with Crippen LogP contribution in [0.2, 0.25) is 0 Å². The van der Waals surface area contributed by atoms with Crippen LogP contribution in [0.5, 0.6) is 5.75 Å². The molecule has 1 atom stereocenters. The van der Waals surface area contributed by atoms with Crippen LogP contribution in [-0.4, -0.2) is 31.4 Å². The van der Waals surface area contributed by atoms with Crippen molar-refractivity contribution in [3.63, 3.8) is 0 Å². The lowest BCUT2D eigenvalue weighted by Gasteiger charge is -2.15. The lowest BCUT2D eigenvalue weighted by Crippen LogP contribution is -2.15. The van der Waals surface area contributed by atoms with Crippen molar-refractivity contribution in [1.82, 2.24) is 19.7 Å². The molecule has 4 rings (SSSR count). The molecular weight excluding hydrogens is 454 g/mol. The Morgan fingerprint density at radius 3 is 2.64 bits per heavy atom. The van der Waals surface area contributed by atoms with E-state index in [2.05, 4.69) is 20.5 Å². The fraction of sp³-hybridized carbons (Fsp3) is 0.250. The minimum atomic E-state index is -0.265. The number of thiazole rings is 1. The van der Waals surface area contributed by atoms with Gasteiger partial charge in [-0.05, 0) is 32.9 Å². The predicted molar refractivity (Wildman–Crippen MR) is 133 cm³/mol. The monoisotopic (exact) mass is 479 g/mol. The van der Waals surface area contributed by atoms with Gasteiger partial charge in [-0.1, -0.05) is 59.8 Å². The summed E-state index contributed by atoms with van der Waals surface area (Å²) in [5, 5.41) is 14.7. The number of amides is 1. The molecule has 0 spiro atoms. The Kier molecular flexibility index (Phi) is 7.41. The zero-order valence-corrected chi connectivity index (χ0v) is 20.3. The molecule has 2 aromatic heterocycles. The summed E-state index contributed by atoms with van der Waals surface area (Å²) in [5.74, 6) is 1.58. The van der Waals surface area contributed by atoms with Gasteiger partial charge in [-0.3, -0.25) is 4.79 Å². The molecule has 170 valence electrons. The number of hydrogen-bond donors (Lipinski definition) is 1. The number of anilines is 1. The van der Waals surface area contributed by atoms with E-state index in [0.29, 0.717) is 16.8 Å². The number of ether oxygens (including phenoxy) is 1. The van der Waals surface area contributed by atoms with Gasteiger partial charge in [0.15, 0.2) is 22.2 Å². The number of nitrogens with one attached hydrogen (secondary N) is 1. The van der Waals surface area contributed by atoms with E-state index < -0.39 is 0 Å². The number of aryl methyl sites for hydroxylation is 1. The van der Waals surface area contributed by atoms with Crippen LogP contribution < -0.4 is 10.1 Å². The Balaban J connectivity index is 1.35. The highest BCUT2D eigenvalue weighted by Gasteiger charge is 2.19. The van der Waals surface area contributed by atoms with Crippen LogP contribution in [-0.2, 0) is 11.3 Å². The number of rotatable bonds is 9. The first-order chi connectivity index (χ1) is 16.0. The minimum Gasteiger partial charge on any atom is -0.483 e. The van der Waals surface area contributed by atoms with Crippen LogP contribution in [0, 0.1) is 6.92 Å². The number of carbonyl (C=O) groups excluding carboxylic acids is 1. The molecule has 1 unspecified atom stereocenters. The van der Waals surface area contributed by atoms with Crippen LogP contribution in [0.1, 0.15) is 31.3 Å². The van der Waals surface area contributed by atoms with Gasteiger partial charge in [0.05, 0.1) is 11.4 Å². The third-order valence-electron chi connectivity index (χ3n) is 4.91. The highest BCUT2D eigenvalue weighted by Crippen LogP contribution is 2.27. The summed E-state index contributed by atoms with van der Waals surface area (Å²) in [7, 11) is 0. The number of nitrogens with zero attached hydrogens (tertiary/aromatic N) is 4. The number of benzene rings is 2. The second-order valence-electron chi connectivity index (χ2n) is 7.40. The standard InChI is InChI=1S/C24H25N5O2S2/c1-4-29-22(17(3)31-19-8-6-5-7-9-19)27-28-24(29)33-15-21(30)26-23-25-20(14-32-23)18-12-10-16(2)11-13-18/h5-14,17H,4,15H2,1-3H3,(H,25,26,30). The Labute approximate surface area is 201 Å². The van der Waals surface area contributed by atoms with Crippen molar-refractivity contribution in [2.75, 3.05) is 11.1 Å². The van der Waals surface area contributed by atoms with E-state index >= 15 is 0 Å². The molecule has 0 fully saturated rings. The SMILES string of the molecule is CCn1c(SCC(=O)Nc2nc(-c3ccc(C)cc3)cs2)nnc1C(C)Oc1ccccc1. The molecule has 9 heteroatoms. The predicted octanol–water partition coefficient (Wildman–Crippen LogP) is 5.60. The van der Waals surface area contributed by atoms with Crippen molar-refractivity contribution < 1.29 is 9.53 Å². The molecule has 0 radical (unpaired) electrons. The van der Waals surface area contributed by atoms with Crippen molar-refractivity contribution in [2.45, 2.75) is 38.6 Å². The maximum absolute atomic E-state index is 12.5. The van der Waals surface area contributed by atoms with Gasteiger partial charge in [0.1, 0.15) is 5.75 Å². The van der Waals surface area contributed by atoms with Gasteiger partial charge in [0.2, 0.25) is 5.91 Å². The van der Waals surface area contributed by atoms with Crippen LogP contribution in [0.25, 0.3) is 11.3 Å². The van der Waals surface area contributed by atoms with Gasteiger partial charge in [0, 0.05) is 17.5 Å². The summed E-state index contributed by atoms with van der Waals surface area (Å²) in [5.41, 5.74) is 3.08. The van der Waals surface area contributed by atoms with Gasteiger partial charge in [-0.25, -0.2) is 4.98 Å². The van der Waals surface area contributed by atoms with Crippen molar-refractivity contribution in [2.24, 2.45) is 0 Å². The largest absolute Gasteiger partial charge is 0.483 e. The Bertz CT molecular complexity index is 1210. The Morgan fingerprint density at radius 2 is 1.91 bits per heavy atom. The Hall–Kier alpha value is -3.17. The molecule has 7 nitrogen and oxygen atoms in total. The van der Waals surface area contributed by atoms with Gasteiger partial charge >= 0.3 is 0 Å². The molecule has 0 saturated heterocycles. The minimum absolute atomic E-state index is 0.134. The second-order valence-corrected chi connectivity index (χ2v) is 9.20. The summed E-state index contributed by atoms with van der Waals surface area (Å²) in [4.78, 5) is 17.0. The molecule has 2 heterocycles. The topological polar surface area (TPSA) is 81.9 Å².